The van der Waals surface area contributed by atoms with E-state index in [1.807, 2.05) is 36.4 Å². The van der Waals surface area contributed by atoms with E-state index in [-0.39, 0.29) is 17.8 Å². The minimum absolute atomic E-state index is 0.0527. The molecule has 2 aromatic rings. The molecule has 138 valence electrons. The number of hydrogen-bond donors (Lipinski definition) is 1. The van der Waals surface area contributed by atoms with E-state index in [1.165, 1.54) is 18.6 Å². The second-order valence-corrected chi connectivity index (χ2v) is 7.48. The van der Waals surface area contributed by atoms with Gasteiger partial charge in [-0.25, -0.2) is 4.39 Å². The molecule has 3 nitrogen and oxygen atoms in total. The second kappa shape index (κ2) is 7.61. The second-order valence-electron chi connectivity index (χ2n) is 7.09. The summed E-state index contributed by atoms with van der Waals surface area (Å²) in [5.74, 6) is -0.319. The highest BCUT2D eigenvalue weighted by Crippen LogP contribution is 2.27. The number of nitrogens with zero attached hydrogens (tertiary/aromatic N) is 1. The van der Waals surface area contributed by atoms with Crippen molar-refractivity contribution in [3.05, 3.63) is 65.6 Å². The lowest BCUT2D eigenvalue weighted by atomic mass is 9.94. The number of rotatable bonds is 3. The molecule has 2 fully saturated rings. The number of hydrogen-bond acceptors (Lipinski definition) is 2. The van der Waals surface area contributed by atoms with Crippen LogP contribution in [0.3, 0.4) is 0 Å². The van der Waals surface area contributed by atoms with Crippen molar-refractivity contribution in [3.8, 4) is 11.1 Å². The number of nitrogens with one attached hydrogen (secondary N) is 1. The molecule has 5 heteroatoms. The fourth-order valence-corrected chi connectivity index (χ4v) is 4.20. The molecule has 0 aromatic heterocycles. The lowest BCUT2D eigenvalue weighted by molar-refractivity contribution is -0.124. The van der Waals surface area contributed by atoms with Crippen LogP contribution in [-0.4, -0.2) is 22.0 Å². The van der Waals surface area contributed by atoms with Crippen LogP contribution in [-0.2, 0) is 4.79 Å². The highest BCUT2D eigenvalue weighted by atomic mass is 32.1. The van der Waals surface area contributed by atoms with Crippen LogP contribution in [0.1, 0.15) is 37.7 Å². The van der Waals surface area contributed by atoms with Gasteiger partial charge in [0, 0.05) is 6.04 Å². The van der Waals surface area contributed by atoms with E-state index in [0.29, 0.717) is 10.8 Å². The Labute approximate surface area is 163 Å². The number of thiocarbonyl (C=S) groups is 1. The topological polar surface area (TPSA) is 32.3 Å². The summed E-state index contributed by atoms with van der Waals surface area (Å²) >= 11 is 5.42. The smallest absolute Gasteiger partial charge is 0.276 e. The van der Waals surface area contributed by atoms with Crippen molar-refractivity contribution < 1.29 is 9.18 Å². The van der Waals surface area contributed by atoms with Crippen molar-refractivity contribution in [2.75, 3.05) is 0 Å². The van der Waals surface area contributed by atoms with Crippen LogP contribution >= 0.6 is 12.2 Å². The summed E-state index contributed by atoms with van der Waals surface area (Å²) in [5.41, 5.74) is 3.09. The lowest BCUT2D eigenvalue weighted by Gasteiger charge is -2.29. The van der Waals surface area contributed by atoms with E-state index in [2.05, 4.69) is 5.32 Å². The average molecular weight is 380 g/mol. The van der Waals surface area contributed by atoms with Crippen LogP contribution in [0.2, 0.25) is 0 Å². The van der Waals surface area contributed by atoms with Crippen LogP contribution in [0.25, 0.3) is 17.2 Å². The van der Waals surface area contributed by atoms with Gasteiger partial charge in [-0.05, 0) is 66.0 Å². The molecule has 2 aromatic carbocycles. The molecule has 0 atom stereocenters. The summed E-state index contributed by atoms with van der Waals surface area (Å²) in [6.45, 7) is 0. The van der Waals surface area contributed by atoms with Crippen molar-refractivity contribution in [1.29, 1.82) is 0 Å². The molecule has 1 heterocycles. The molecule has 1 saturated carbocycles. The first-order chi connectivity index (χ1) is 13.1. The van der Waals surface area contributed by atoms with Crippen LogP contribution in [0.15, 0.2) is 54.2 Å². The summed E-state index contributed by atoms with van der Waals surface area (Å²) in [6, 6.07) is 14.4. The SMILES string of the molecule is O=C1/C(=C/c2cccc(-c3cccc(F)c3)c2)NC(=S)N1C1CCCCC1. The van der Waals surface area contributed by atoms with Crippen molar-refractivity contribution in [2.45, 2.75) is 38.1 Å². The van der Waals surface area contributed by atoms with Gasteiger partial charge in [0.05, 0.1) is 0 Å². The Morgan fingerprint density at radius 2 is 1.74 bits per heavy atom. The van der Waals surface area contributed by atoms with Crippen LogP contribution in [0.4, 0.5) is 4.39 Å². The molecule has 0 radical (unpaired) electrons. The molecule has 27 heavy (non-hydrogen) atoms. The first kappa shape index (κ1) is 17.9. The summed E-state index contributed by atoms with van der Waals surface area (Å²) in [5, 5.41) is 3.58. The maximum atomic E-state index is 13.5. The molecule has 0 bridgehead atoms. The Balaban J connectivity index is 1.59. The molecule has 1 aliphatic heterocycles. The van der Waals surface area contributed by atoms with Crippen LogP contribution < -0.4 is 5.32 Å². The number of carbonyl (C=O) groups excluding carboxylic acids is 1. The molecular formula is C22H21FN2OS. The summed E-state index contributed by atoms with van der Waals surface area (Å²) in [6.07, 6.45) is 7.36. The molecule has 0 spiro atoms. The first-order valence-electron chi connectivity index (χ1n) is 9.34. The van der Waals surface area contributed by atoms with Gasteiger partial charge in [-0.3, -0.25) is 9.69 Å². The predicted molar refractivity (Wildman–Crippen MR) is 109 cm³/mol. The van der Waals surface area contributed by atoms with E-state index in [4.69, 9.17) is 12.2 Å². The van der Waals surface area contributed by atoms with Gasteiger partial charge in [-0.2, -0.15) is 0 Å². The van der Waals surface area contributed by atoms with Gasteiger partial charge in [0.1, 0.15) is 11.5 Å². The molecular weight excluding hydrogens is 359 g/mol. The van der Waals surface area contributed by atoms with E-state index in [9.17, 15) is 9.18 Å². The minimum Gasteiger partial charge on any atom is -0.328 e. The Hall–Kier alpha value is -2.53. The van der Waals surface area contributed by atoms with Gasteiger partial charge in [0.25, 0.3) is 5.91 Å². The van der Waals surface area contributed by atoms with Crippen LogP contribution in [0, 0.1) is 5.82 Å². The molecule has 1 saturated heterocycles. The zero-order valence-corrected chi connectivity index (χ0v) is 15.8. The van der Waals surface area contributed by atoms with E-state index >= 15 is 0 Å². The van der Waals surface area contributed by atoms with Gasteiger partial charge in [-0.15, -0.1) is 0 Å². The summed E-state index contributed by atoms with van der Waals surface area (Å²) in [7, 11) is 0. The quantitative estimate of drug-likeness (QED) is 0.608. The number of carbonyl (C=O) groups is 1. The van der Waals surface area contributed by atoms with E-state index < -0.39 is 0 Å². The Morgan fingerprint density at radius 1 is 1.04 bits per heavy atom. The fraction of sp³-hybridized carbons (Fsp3) is 0.273. The predicted octanol–water partition coefficient (Wildman–Crippen LogP) is 4.88. The highest BCUT2D eigenvalue weighted by molar-refractivity contribution is 7.80. The molecule has 0 unspecified atom stereocenters. The summed E-state index contributed by atoms with van der Waals surface area (Å²) < 4.78 is 13.5. The molecule has 1 aliphatic carbocycles. The van der Waals surface area contributed by atoms with Gasteiger partial charge in [0.15, 0.2) is 5.11 Å². The number of amides is 1. The zero-order valence-electron chi connectivity index (χ0n) is 15.0. The number of benzene rings is 2. The van der Waals surface area contributed by atoms with Crippen molar-refractivity contribution in [3.63, 3.8) is 0 Å². The van der Waals surface area contributed by atoms with Gasteiger partial charge in [-0.1, -0.05) is 49.6 Å². The number of halogens is 1. The fourth-order valence-electron chi connectivity index (χ4n) is 3.86. The van der Waals surface area contributed by atoms with Crippen LogP contribution in [0.5, 0.6) is 0 Å². The summed E-state index contributed by atoms with van der Waals surface area (Å²) in [4.78, 5) is 14.6. The van der Waals surface area contributed by atoms with Crippen molar-refractivity contribution >= 4 is 29.3 Å². The Kier molecular flexibility index (Phi) is 5.03. The largest absolute Gasteiger partial charge is 0.328 e. The maximum Gasteiger partial charge on any atom is 0.276 e. The molecule has 1 N–H and O–H groups in total. The highest BCUT2D eigenvalue weighted by Gasteiger charge is 2.36. The van der Waals surface area contributed by atoms with Gasteiger partial charge in [0.2, 0.25) is 0 Å². The van der Waals surface area contributed by atoms with E-state index in [0.717, 1.165) is 42.4 Å². The Morgan fingerprint density at radius 3 is 2.48 bits per heavy atom. The monoisotopic (exact) mass is 380 g/mol. The molecule has 2 aliphatic rings. The third-order valence-corrected chi connectivity index (χ3v) is 5.50. The Bertz CT molecular complexity index is 918. The lowest BCUT2D eigenvalue weighted by Crippen LogP contribution is -2.41. The average Bonchev–Trinajstić information content (AvgIpc) is 2.96. The zero-order chi connectivity index (χ0) is 18.8. The standard InChI is InChI=1S/C22H21FN2OS/c23-18-9-5-8-17(14-18)16-7-4-6-15(12-16)13-20-21(26)25(22(27)24-20)19-10-2-1-3-11-19/h4-9,12-14,19H,1-3,10-11H2,(H,24,27)/b20-13-. The molecule has 4 rings (SSSR count). The minimum atomic E-state index is -0.266. The normalized spacial score (nSPS) is 19.6. The first-order valence-corrected chi connectivity index (χ1v) is 9.75. The van der Waals surface area contributed by atoms with Gasteiger partial charge >= 0.3 is 0 Å². The molecule has 1 amide bonds. The third kappa shape index (κ3) is 3.78. The van der Waals surface area contributed by atoms with Crippen molar-refractivity contribution in [1.82, 2.24) is 10.2 Å². The third-order valence-electron chi connectivity index (χ3n) is 5.21. The maximum absolute atomic E-state index is 13.5. The van der Waals surface area contributed by atoms with Crippen molar-refractivity contribution in [2.24, 2.45) is 0 Å². The van der Waals surface area contributed by atoms with Gasteiger partial charge < -0.3 is 5.32 Å². The van der Waals surface area contributed by atoms with E-state index in [1.54, 1.807) is 11.0 Å².